The first-order chi connectivity index (χ1) is 8.40. The first-order valence-electron chi connectivity index (χ1n) is 4.88. The van der Waals surface area contributed by atoms with Crippen LogP contribution >= 0.6 is 15.9 Å². The number of benzene rings is 1. The van der Waals surface area contributed by atoms with Crippen LogP contribution in [-0.4, -0.2) is 22.6 Å². The van der Waals surface area contributed by atoms with Crippen LogP contribution in [-0.2, 0) is 4.79 Å². The third-order valence-corrected chi connectivity index (χ3v) is 2.50. The van der Waals surface area contributed by atoms with Crippen molar-refractivity contribution in [3.8, 4) is 5.75 Å². The lowest BCUT2D eigenvalue weighted by molar-refractivity contribution is -0.385. The van der Waals surface area contributed by atoms with Gasteiger partial charge in [0.2, 0.25) is 0 Å². The second-order valence-electron chi connectivity index (χ2n) is 3.41. The molecule has 0 aliphatic heterocycles. The minimum atomic E-state index is -1.03. The fourth-order valence-corrected chi connectivity index (χ4v) is 1.55. The largest absolute Gasteiger partial charge is 0.489 e. The summed E-state index contributed by atoms with van der Waals surface area (Å²) >= 11 is 3.13. The smallest absolute Gasteiger partial charge is 0.331 e. The summed E-state index contributed by atoms with van der Waals surface area (Å²) in [5, 5.41) is 19.2. The van der Waals surface area contributed by atoms with Crippen molar-refractivity contribution in [2.75, 3.05) is 6.61 Å². The van der Waals surface area contributed by atoms with Gasteiger partial charge in [-0.1, -0.05) is 15.9 Å². The van der Waals surface area contributed by atoms with Gasteiger partial charge in [0.25, 0.3) is 5.69 Å². The summed E-state index contributed by atoms with van der Waals surface area (Å²) in [5.41, 5.74) is 0.0535. The monoisotopic (exact) mass is 315 g/mol. The van der Waals surface area contributed by atoms with E-state index in [1.54, 1.807) is 6.07 Å². The number of hydrogen-bond donors (Lipinski definition) is 1. The third kappa shape index (κ3) is 4.17. The molecule has 1 aromatic rings. The Morgan fingerprint density at radius 3 is 2.78 bits per heavy atom. The number of nitro groups is 1. The molecule has 0 aromatic heterocycles. The average molecular weight is 316 g/mol. The summed E-state index contributed by atoms with van der Waals surface area (Å²) in [6, 6.07) is 4.19. The number of carboxylic acids is 1. The fourth-order valence-electron chi connectivity index (χ4n) is 1.09. The molecule has 0 unspecified atom stereocenters. The summed E-state index contributed by atoms with van der Waals surface area (Å²) in [7, 11) is 0. The molecule has 0 radical (unpaired) electrons. The number of non-ortho nitro benzene ring substituents is 1. The number of nitrogens with zero attached hydrogens (tertiary/aromatic N) is 1. The molecule has 0 bridgehead atoms. The van der Waals surface area contributed by atoms with Crippen molar-refractivity contribution in [3.63, 3.8) is 0 Å². The Morgan fingerprint density at radius 2 is 2.22 bits per heavy atom. The summed E-state index contributed by atoms with van der Waals surface area (Å²) in [4.78, 5) is 20.6. The molecule has 0 spiro atoms. The molecule has 18 heavy (non-hydrogen) atoms. The number of aliphatic carboxylic acids is 1. The Hall–Kier alpha value is -1.89. The van der Waals surface area contributed by atoms with Gasteiger partial charge in [0.1, 0.15) is 12.4 Å². The van der Waals surface area contributed by atoms with Gasteiger partial charge in [-0.25, -0.2) is 4.79 Å². The molecule has 96 valence electrons. The van der Waals surface area contributed by atoms with Crippen LogP contribution in [0.5, 0.6) is 5.75 Å². The maximum Gasteiger partial charge on any atom is 0.331 e. The molecule has 0 saturated heterocycles. The van der Waals surface area contributed by atoms with Crippen LogP contribution in [0.15, 0.2) is 34.3 Å². The summed E-state index contributed by atoms with van der Waals surface area (Å²) in [6.45, 7) is 1.47. The Morgan fingerprint density at radius 1 is 1.56 bits per heavy atom. The number of nitro benzene ring substituents is 1. The van der Waals surface area contributed by atoms with Gasteiger partial charge in [0.05, 0.1) is 11.0 Å². The van der Waals surface area contributed by atoms with E-state index in [0.29, 0.717) is 10.2 Å². The van der Waals surface area contributed by atoms with Crippen molar-refractivity contribution in [3.05, 3.63) is 44.4 Å². The third-order valence-electron chi connectivity index (χ3n) is 2.04. The molecule has 1 aromatic carbocycles. The van der Waals surface area contributed by atoms with E-state index in [4.69, 9.17) is 9.84 Å². The molecule has 0 heterocycles. The molecular formula is C11H10BrNO5. The predicted molar refractivity (Wildman–Crippen MR) is 67.7 cm³/mol. The number of carbonyl (C=O) groups is 1. The SMILES string of the molecule is C/C(=C/COc1cc(Br)cc([N+](=O)[O-])c1)C(=O)O. The first kappa shape index (κ1) is 14.2. The minimum Gasteiger partial charge on any atom is -0.489 e. The van der Waals surface area contributed by atoms with Crippen molar-refractivity contribution in [1.82, 2.24) is 0 Å². The van der Waals surface area contributed by atoms with Crippen LogP contribution < -0.4 is 4.74 Å². The second-order valence-corrected chi connectivity index (χ2v) is 4.32. The van der Waals surface area contributed by atoms with E-state index in [-0.39, 0.29) is 17.9 Å². The topological polar surface area (TPSA) is 89.7 Å². The lowest BCUT2D eigenvalue weighted by Gasteiger charge is -2.04. The fraction of sp³-hybridized carbons (Fsp3) is 0.182. The molecule has 6 nitrogen and oxygen atoms in total. The Kier molecular flexibility index (Phi) is 4.85. The predicted octanol–water partition coefficient (Wildman–Crippen LogP) is 2.77. The second kappa shape index (κ2) is 6.15. The zero-order valence-corrected chi connectivity index (χ0v) is 11.0. The highest BCUT2D eigenvalue weighted by atomic mass is 79.9. The van der Waals surface area contributed by atoms with E-state index in [0.717, 1.165) is 0 Å². The molecule has 0 atom stereocenters. The Balaban J connectivity index is 2.77. The molecule has 0 saturated carbocycles. The molecular weight excluding hydrogens is 306 g/mol. The standard InChI is InChI=1S/C11H10BrNO5/c1-7(11(14)15)2-3-18-10-5-8(12)4-9(6-10)13(16)17/h2,4-6H,3H2,1H3,(H,14,15)/b7-2-. The van der Waals surface area contributed by atoms with Crippen molar-refractivity contribution in [1.29, 1.82) is 0 Å². The normalized spacial score (nSPS) is 11.1. The van der Waals surface area contributed by atoms with Gasteiger partial charge >= 0.3 is 5.97 Å². The Bertz CT molecular complexity index is 512. The number of hydrogen-bond acceptors (Lipinski definition) is 4. The van der Waals surface area contributed by atoms with E-state index in [2.05, 4.69) is 15.9 Å². The van der Waals surface area contributed by atoms with Crippen LogP contribution in [0.3, 0.4) is 0 Å². The summed E-state index contributed by atoms with van der Waals surface area (Å²) < 4.78 is 5.74. The van der Waals surface area contributed by atoms with Crippen molar-refractivity contribution >= 4 is 27.6 Å². The quantitative estimate of drug-likeness (QED) is 0.512. The van der Waals surface area contributed by atoms with Gasteiger partial charge in [0, 0.05) is 16.1 Å². The van der Waals surface area contributed by atoms with Gasteiger partial charge in [-0.2, -0.15) is 0 Å². The lowest BCUT2D eigenvalue weighted by atomic mass is 10.3. The van der Waals surface area contributed by atoms with E-state index < -0.39 is 10.9 Å². The average Bonchev–Trinajstić information content (AvgIpc) is 2.27. The zero-order chi connectivity index (χ0) is 13.7. The number of ether oxygens (including phenoxy) is 1. The molecule has 1 N–H and O–H groups in total. The van der Waals surface area contributed by atoms with Crippen LogP contribution in [0, 0.1) is 10.1 Å². The van der Waals surface area contributed by atoms with E-state index in [1.807, 2.05) is 0 Å². The van der Waals surface area contributed by atoms with Crippen molar-refractivity contribution < 1.29 is 19.6 Å². The Labute approximate surface area is 111 Å². The van der Waals surface area contributed by atoms with Crippen LogP contribution in [0.4, 0.5) is 5.69 Å². The van der Waals surface area contributed by atoms with E-state index in [9.17, 15) is 14.9 Å². The molecule has 1 rings (SSSR count). The van der Waals surface area contributed by atoms with Crippen molar-refractivity contribution in [2.24, 2.45) is 0 Å². The van der Waals surface area contributed by atoms with Gasteiger partial charge in [-0.3, -0.25) is 10.1 Å². The van der Waals surface area contributed by atoms with Crippen LogP contribution in [0.2, 0.25) is 0 Å². The van der Waals surface area contributed by atoms with Gasteiger partial charge in [-0.15, -0.1) is 0 Å². The van der Waals surface area contributed by atoms with E-state index in [1.165, 1.54) is 25.1 Å². The van der Waals surface area contributed by atoms with Gasteiger partial charge in [0.15, 0.2) is 0 Å². The molecule has 0 aliphatic carbocycles. The minimum absolute atomic E-state index is 0.0335. The maximum atomic E-state index is 10.6. The highest BCUT2D eigenvalue weighted by molar-refractivity contribution is 9.10. The maximum absolute atomic E-state index is 10.6. The number of rotatable bonds is 5. The molecule has 0 fully saturated rings. The van der Waals surface area contributed by atoms with Crippen LogP contribution in [0.1, 0.15) is 6.92 Å². The summed E-state index contributed by atoms with van der Waals surface area (Å²) in [5.74, 6) is -0.732. The van der Waals surface area contributed by atoms with Gasteiger partial charge in [-0.05, 0) is 19.1 Å². The molecule has 0 amide bonds. The molecule has 0 aliphatic rings. The van der Waals surface area contributed by atoms with Gasteiger partial charge < -0.3 is 9.84 Å². The number of carboxylic acid groups (broad SMARTS) is 1. The van der Waals surface area contributed by atoms with Crippen molar-refractivity contribution in [2.45, 2.75) is 6.92 Å². The molecule has 7 heteroatoms. The highest BCUT2D eigenvalue weighted by Crippen LogP contribution is 2.26. The first-order valence-corrected chi connectivity index (χ1v) is 5.67. The summed E-state index contributed by atoms with van der Waals surface area (Å²) in [6.07, 6.45) is 1.38. The van der Waals surface area contributed by atoms with Crippen LogP contribution in [0.25, 0.3) is 0 Å². The highest BCUT2D eigenvalue weighted by Gasteiger charge is 2.09. The zero-order valence-electron chi connectivity index (χ0n) is 9.42. The van der Waals surface area contributed by atoms with E-state index >= 15 is 0 Å². The number of halogens is 1. The lowest BCUT2D eigenvalue weighted by Crippen LogP contribution is -2.01.